The van der Waals surface area contributed by atoms with Crippen molar-refractivity contribution in [2.75, 3.05) is 25.0 Å². The van der Waals surface area contributed by atoms with Crippen LogP contribution in [0.3, 0.4) is 0 Å². The van der Waals surface area contributed by atoms with E-state index in [9.17, 15) is 4.79 Å². The second kappa shape index (κ2) is 7.44. The molecule has 1 saturated carbocycles. The number of nitrogens with zero attached hydrogens (tertiary/aromatic N) is 3. The molecule has 2 aliphatic rings. The molecule has 1 aromatic carbocycles. The monoisotopic (exact) mass is 350 g/mol. The minimum atomic E-state index is 0.202. The van der Waals surface area contributed by atoms with Crippen LogP contribution < -0.4 is 5.32 Å². The van der Waals surface area contributed by atoms with E-state index in [-0.39, 0.29) is 5.92 Å². The number of rotatable bonds is 5. The van der Waals surface area contributed by atoms with Crippen molar-refractivity contribution in [2.24, 2.45) is 11.8 Å². The van der Waals surface area contributed by atoms with Crippen LogP contribution >= 0.6 is 0 Å². The van der Waals surface area contributed by atoms with Gasteiger partial charge in [0, 0.05) is 37.9 Å². The minimum Gasteiger partial charge on any atom is -0.354 e. The molecular formula is C21H26N4O. The molecule has 4 rings (SSSR count). The first kappa shape index (κ1) is 17.0. The average Bonchev–Trinajstić information content (AvgIpc) is 3.49. The van der Waals surface area contributed by atoms with Crippen molar-refractivity contribution >= 4 is 11.9 Å². The molecule has 5 nitrogen and oxygen atoms in total. The number of benzene rings is 1. The lowest BCUT2D eigenvalue weighted by Crippen LogP contribution is -2.40. The number of amides is 1. The van der Waals surface area contributed by atoms with Crippen LogP contribution in [-0.2, 0) is 4.79 Å². The van der Waals surface area contributed by atoms with E-state index in [1.54, 1.807) is 0 Å². The summed E-state index contributed by atoms with van der Waals surface area (Å²) in [7, 11) is 0. The third kappa shape index (κ3) is 3.87. The molecule has 1 amide bonds. The molecular weight excluding hydrogens is 324 g/mol. The van der Waals surface area contributed by atoms with Crippen molar-refractivity contribution in [2.45, 2.75) is 32.1 Å². The Morgan fingerprint density at radius 3 is 2.54 bits per heavy atom. The van der Waals surface area contributed by atoms with Crippen LogP contribution in [0.1, 0.15) is 36.3 Å². The van der Waals surface area contributed by atoms with E-state index in [0.717, 1.165) is 44.5 Å². The highest BCUT2D eigenvalue weighted by Crippen LogP contribution is 2.48. The molecule has 2 heterocycles. The number of aromatic nitrogens is 2. The van der Waals surface area contributed by atoms with Crippen LogP contribution in [0, 0.1) is 18.8 Å². The quantitative estimate of drug-likeness (QED) is 0.899. The van der Waals surface area contributed by atoms with Crippen LogP contribution in [0.15, 0.2) is 42.7 Å². The number of carbonyl (C=O) groups excluding carboxylic acids is 1. The number of anilines is 1. The molecule has 0 bridgehead atoms. The Hall–Kier alpha value is -2.43. The maximum absolute atomic E-state index is 12.8. The highest BCUT2D eigenvalue weighted by molar-refractivity contribution is 5.83. The Balaban J connectivity index is 1.22. The molecule has 1 saturated heterocycles. The highest BCUT2D eigenvalue weighted by atomic mass is 16.2. The van der Waals surface area contributed by atoms with E-state index >= 15 is 0 Å². The standard InChI is InChI=1S/C21H26N4O/c1-15-12-22-21(23-13-15)24-14-16-7-9-25(10-8-16)20(26)19-11-18(19)17-5-3-2-4-6-17/h2-6,12-13,16,18-19H,7-11,14H2,1H3,(H,22,23,24)/t18?,19-/m1/s1. The van der Waals surface area contributed by atoms with Gasteiger partial charge in [0.05, 0.1) is 0 Å². The number of hydrogen-bond donors (Lipinski definition) is 1. The zero-order valence-corrected chi connectivity index (χ0v) is 15.3. The van der Waals surface area contributed by atoms with Gasteiger partial charge in [-0.1, -0.05) is 30.3 Å². The number of hydrogen-bond acceptors (Lipinski definition) is 4. The summed E-state index contributed by atoms with van der Waals surface area (Å²) in [6, 6.07) is 10.4. The number of nitrogens with one attached hydrogen (secondary N) is 1. The van der Waals surface area contributed by atoms with Crippen LogP contribution in [0.2, 0.25) is 0 Å². The fraction of sp³-hybridized carbons (Fsp3) is 0.476. The van der Waals surface area contributed by atoms with Crippen molar-refractivity contribution in [3.05, 3.63) is 53.9 Å². The molecule has 1 aromatic heterocycles. The summed E-state index contributed by atoms with van der Waals surface area (Å²) in [5.41, 5.74) is 2.37. The molecule has 2 fully saturated rings. The SMILES string of the molecule is Cc1cnc(NCC2CCN(C(=O)[C@@H]3CC3c3ccccc3)CC2)nc1. The summed E-state index contributed by atoms with van der Waals surface area (Å²) < 4.78 is 0. The molecule has 136 valence electrons. The van der Waals surface area contributed by atoms with Gasteiger partial charge >= 0.3 is 0 Å². The molecule has 5 heteroatoms. The van der Waals surface area contributed by atoms with E-state index in [0.29, 0.717) is 23.7 Å². The van der Waals surface area contributed by atoms with Crippen LogP contribution in [0.25, 0.3) is 0 Å². The van der Waals surface area contributed by atoms with Gasteiger partial charge in [0.1, 0.15) is 0 Å². The zero-order chi connectivity index (χ0) is 17.9. The van der Waals surface area contributed by atoms with Gasteiger partial charge in [-0.05, 0) is 49.1 Å². The van der Waals surface area contributed by atoms with Crippen molar-refractivity contribution in [1.82, 2.24) is 14.9 Å². The van der Waals surface area contributed by atoms with Crippen LogP contribution in [-0.4, -0.2) is 40.4 Å². The van der Waals surface area contributed by atoms with Crippen LogP contribution in [0.4, 0.5) is 5.95 Å². The van der Waals surface area contributed by atoms with Crippen molar-refractivity contribution in [1.29, 1.82) is 0 Å². The summed E-state index contributed by atoms with van der Waals surface area (Å²) >= 11 is 0. The topological polar surface area (TPSA) is 58.1 Å². The predicted octanol–water partition coefficient (Wildman–Crippen LogP) is 3.24. The zero-order valence-electron chi connectivity index (χ0n) is 15.3. The maximum Gasteiger partial charge on any atom is 0.226 e. The van der Waals surface area contributed by atoms with Gasteiger partial charge in [-0.2, -0.15) is 0 Å². The molecule has 2 aromatic rings. The number of likely N-dealkylation sites (tertiary alicyclic amines) is 1. The van der Waals surface area contributed by atoms with Crippen molar-refractivity contribution < 1.29 is 4.79 Å². The summed E-state index contributed by atoms with van der Waals surface area (Å²) in [5.74, 6) is 2.26. The summed E-state index contributed by atoms with van der Waals surface area (Å²) in [6.45, 7) is 4.61. The Bertz CT molecular complexity index is 738. The molecule has 1 aliphatic carbocycles. The van der Waals surface area contributed by atoms with Gasteiger partial charge in [-0.3, -0.25) is 4.79 Å². The smallest absolute Gasteiger partial charge is 0.226 e. The lowest BCUT2D eigenvalue weighted by molar-refractivity contribution is -0.134. The minimum absolute atomic E-state index is 0.202. The van der Waals surface area contributed by atoms with Crippen LogP contribution in [0.5, 0.6) is 0 Å². The maximum atomic E-state index is 12.8. The number of aryl methyl sites for hydroxylation is 1. The van der Waals surface area contributed by atoms with Crippen molar-refractivity contribution in [3.8, 4) is 0 Å². The molecule has 2 atom stereocenters. The number of carbonyl (C=O) groups is 1. The molecule has 1 N–H and O–H groups in total. The molecule has 26 heavy (non-hydrogen) atoms. The first-order valence-electron chi connectivity index (χ1n) is 9.57. The Morgan fingerprint density at radius 2 is 1.85 bits per heavy atom. The van der Waals surface area contributed by atoms with Gasteiger partial charge in [-0.25, -0.2) is 9.97 Å². The molecule has 1 aliphatic heterocycles. The van der Waals surface area contributed by atoms with Gasteiger partial charge in [0.2, 0.25) is 11.9 Å². The van der Waals surface area contributed by atoms with Crippen molar-refractivity contribution in [3.63, 3.8) is 0 Å². The average molecular weight is 350 g/mol. The summed E-state index contributed by atoms with van der Waals surface area (Å²) in [6.07, 6.45) is 6.76. The predicted molar refractivity (Wildman–Crippen MR) is 102 cm³/mol. The Kier molecular flexibility index (Phi) is 4.87. The van der Waals surface area contributed by atoms with E-state index < -0.39 is 0 Å². The fourth-order valence-corrected chi connectivity index (χ4v) is 3.85. The third-order valence-electron chi connectivity index (χ3n) is 5.59. The third-order valence-corrected chi connectivity index (χ3v) is 5.59. The number of piperidine rings is 1. The van der Waals surface area contributed by atoms with Gasteiger partial charge in [0.15, 0.2) is 0 Å². The summed E-state index contributed by atoms with van der Waals surface area (Å²) in [5, 5.41) is 3.32. The first-order valence-corrected chi connectivity index (χ1v) is 9.57. The normalized spacial score (nSPS) is 22.9. The summed E-state index contributed by atoms with van der Waals surface area (Å²) in [4.78, 5) is 23.4. The molecule has 0 spiro atoms. The van der Waals surface area contributed by atoms with Gasteiger partial charge in [-0.15, -0.1) is 0 Å². The lowest BCUT2D eigenvalue weighted by atomic mass is 9.96. The lowest BCUT2D eigenvalue weighted by Gasteiger charge is -2.32. The second-order valence-corrected chi connectivity index (χ2v) is 7.59. The highest BCUT2D eigenvalue weighted by Gasteiger charge is 2.45. The van der Waals surface area contributed by atoms with E-state index in [1.807, 2.05) is 25.4 Å². The van der Waals surface area contributed by atoms with E-state index in [4.69, 9.17) is 0 Å². The second-order valence-electron chi connectivity index (χ2n) is 7.59. The Morgan fingerprint density at radius 1 is 1.15 bits per heavy atom. The van der Waals surface area contributed by atoms with Gasteiger partial charge in [0.25, 0.3) is 0 Å². The molecule has 1 unspecified atom stereocenters. The first-order chi connectivity index (χ1) is 12.7. The largest absolute Gasteiger partial charge is 0.354 e. The van der Waals surface area contributed by atoms with E-state index in [2.05, 4.69) is 44.5 Å². The Labute approximate surface area is 154 Å². The fourth-order valence-electron chi connectivity index (χ4n) is 3.85. The molecule has 0 radical (unpaired) electrons. The van der Waals surface area contributed by atoms with Gasteiger partial charge < -0.3 is 10.2 Å². The van der Waals surface area contributed by atoms with E-state index in [1.165, 1.54) is 5.56 Å².